The summed E-state index contributed by atoms with van der Waals surface area (Å²) in [5, 5.41) is 11.7. The third-order valence-corrected chi connectivity index (χ3v) is 3.81. The molecule has 9 heteroatoms. The standard InChI is InChI=1S/C17H17F3N2O4/c1-10-3-8-14(22(10)2)16(25)21-13(9-15(23)24)11-4-6-12(7-5-11)26-17(18,19)20/h3-8,13H,9H2,1-2H3,(H,21,25)(H,23,24). The van der Waals surface area contributed by atoms with Crippen molar-refractivity contribution in [3.05, 3.63) is 53.3 Å². The molecule has 0 saturated carbocycles. The number of carbonyl (C=O) groups is 2. The van der Waals surface area contributed by atoms with Crippen molar-refractivity contribution in [1.29, 1.82) is 0 Å². The molecule has 0 aliphatic carbocycles. The fourth-order valence-corrected chi connectivity index (χ4v) is 2.40. The van der Waals surface area contributed by atoms with E-state index in [9.17, 15) is 22.8 Å². The molecule has 0 fully saturated rings. The van der Waals surface area contributed by atoms with Gasteiger partial charge in [0.1, 0.15) is 11.4 Å². The van der Waals surface area contributed by atoms with Crippen LogP contribution in [-0.2, 0) is 11.8 Å². The summed E-state index contributed by atoms with van der Waals surface area (Å²) in [4.78, 5) is 23.5. The van der Waals surface area contributed by atoms with E-state index < -0.39 is 36.5 Å². The number of halogens is 3. The number of hydrogen-bond acceptors (Lipinski definition) is 3. The quantitative estimate of drug-likeness (QED) is 0.818. The van der Waals surface area contributed by atoms with E-state index in [2.05, 4.69) is 10.1 Å². The van der Waals surface area contributed by atoms with Crippen molar-refractivity contribution in [2.75, 3.05) is 0 Å². The molecule has 0 radical (unpaired) electrons. The summed E-state index contributed by atoms with van der Waals surface area (Å²) in [6.07, 6.45) is -5.24. The third kappa shape index (κ3) is 5.01. The molecule has 26 heavy (non-hydrogen) atoms. The number of amides is 1. The molecule has 0 saturated heterocycles. The average Bonchev–Trinajstić information content (AvgIpc) is 2.85. The number of ether oxygens (including phenoxy) is 1. The molecule has 1 atom stereocenters. The van der Waals surface area contributed by atoms with Gasteiger partial charge in [-0.1, -0.05) is 12.1 Å². The molecule has 0 aliphatic heterocycles. The van der Waals surface area contributed by atoms with E-state index in [1.165, 1.54) is 12.1 Å². The topological polar surface area (TPSA) is 80.6 Å². The van der Waals surface area contributed by atoms with Crippen LogP contribution in [-0.4, -0.2) is 27.9 Å². The molecular formula is C17H17F3N2O4. The molecule has 0 spiro atoms. The third-order valence-electron chi connectivity index (χ3n) is 3.81. The molecular weight excluding hydrogens is 353 g/mol. The molecule has 1 amide bonds. The minimum atomic E-state index is -4.82. The largest absolute Gasteiger partial charge is 0.573 e. The first-order valence-corrected chi connectivity index (χ1v) is 7.57. The Morgan fingerprint density at radius 1 is 1.19 bits per heavy atom. The summed E-state index contributed by atoms with van der Waals surface area (Å²) in [7, 11) is 1.69. The number of aromatic nitrogens is 1. The van der Waals surface area contributed by atoms with E-state index in [1.807, 2.05) is 6.92 Å². The molecule has 2 rings (SSSR count). The zero-order chi connectivity index (χ0) is 19.5. The average molecular weight is 370 g/mol. The molecule has 140 valence electrons. The number of aryl methyl sites for hydroxylation is 1. The number of carboxylic acids is 1. The molecule has 1 unspecified atom stereocenters. The van der Waals surface area contributed by atoms with Gasteiger partial charge in [-0.25, -0.2) is 0 Å². The van der Waals surface area contributed by atoms with Crippen molar-refractivity contribution in [3.8, 4) is 5.75 Å². The van der Waals surface area contributed by atoms with Crippen LogP contribution in [0.3, 0.4) is 0 Å². The van der Waals surface area contributed by atoms with Crippen LogP contribution < -0.4 is 10.1 Å². The van der Waals surface area contributed by atoms with E-state index in [1.54, 1.807) is 23.7 Å². The monoisotopic (exact) mass is 370 g/mol. The van der Waals surface area contributed by atoms with Gasteiger partial charge in [-0.15, -0.1) is 13.2 Å². The lowest BCUT2D eigenvalue weighted by Gasteiger charge is -2.18. The minimum absolute atomic E-state index is 0.343. The van der Waals surface area contributed by atoms with E-state index in [0.29, 0.717) is 11.3 Å². The Hall–Kier alpha value is -2.97. The number of nitrogens with one attached hydrogen (secondary N) is 1. The first-order chi connectivity index (χ1) is 12.1. The van der Waals surface area contributed by atoms with E-state index in [0.717, 1.165) is 17.8 Å². The van der Waals surface area contributed by atoms with Crippen molar-refractivity contribution < 1.29 is 32.6 Å². The van der Waals surface area contributed by atoms with Gasteiger partial charge in [-0.05, 0) is 36.8 Å². The first-order valence-electron chi connectivity index (χ1n) is 7.57. The second kappa shape index (κ2) is 7.51. The van der Waals surface area contributed by atoms with Crippen molar-refractivity contribution in [3.63, 3.8) is 0 Å². The molecule has 1 heterocycles. The second-order valence-corrected chi connectivity index (χ2v) is 5.66. The Labute approximate surface area is 147 Å². The van der Waals surface area contributed by atoms with Gasteiger partial charge in [0.25, 0.3) is 5.91 Å². The summed E-state index contributed by atoms with van der Waals surface area (Å²) in [6.45, 7) is 1.81. The lowest BCUT2D eigenvalue weighted by Crippen LogP contribution is -2.31. The molecule has 1 aromatic carbocycles. The van der Waals surface area contributed by atoms with E-state index in [4.69, 9.17) is 5.11 Å². The lowest BCUT2D eigenvalue weighted by atomic mass is 10.0. The number of nitrogens with zero attached hydrogens (tertiary/aromatic N) is 1. The minimum Gasteiger partial charge on any atom is -0.481 e. The molecule has 0 aliphatic rings. The summed E-state index contributed by atoms with van der Waals surface area (Å²) >= 11 is 0. The maximum Gasteiger partial charge on any atom is 0.573 e. The Balaban J connectivity index is 2.20. The number of alkyl halides is 3. The van der Waals surface area contributed by atoms with Crippen LogP contribution in [0.5, 0.6) is 5.75 Å². The fraction of sp³-hybridized carbons (Fsp3) is 0.294. The Bertz CT molecular complexity index is 797. The van der Waals surface area contributed by atoms with Crippen LogP contribution in [0.4, 0.5) is 13.2 Å². The molecule has 6 nitrogen and oxygen atoms in total. The van der Waals surface area contributed by atoms with Crippen molar-refractivity contribution in [2.24, 2.45) is 7.05 Å². The van der Waals surface area contributed by atoms with Gasteiger partial charge in [0.05, 0.1) is 12.5 Å². The Morgan fingerprint density at radius 2 is 1.81 bits per heavy atom. The van der Waals surface area contributed by atoms with Crippen molar-refractivity contribution in [2.45, 2.75) is 25.7 Å². The van der Waals surface area contributed by atoms with Crippen LogP contribution in [0.25, 0.3) is 0 Å². The summed E-state index contributed by atoms with van der Waals surface area (Å²) in [5.41, 5.74) is 1.54. The highest BCUT2D eigenvalue weighted by Crippen LogP contribution is 2.25. The SMILES string of the molecule is Cc1ccc(C(=O)NC(CC(=O)O)c2ccc(OC(F)(F)F)cc2)n1C. The zero-order valence-electron chi connectivity index (χ0n) is 14.0. The predicted octanol–water partition coefficient (Wildman–Crippen LogP) is 3.18. The first kappa shape index (κ1) is 19.4. The van der Waals surface area contributed by atoms with Gasteiger partial charge >= 0.3 is 12.3 Å². The van der Waals surface area contributed by atoms with Crippen LogP contribution in [0.1, 0.15) is 34.2 Å². The maximum absolute atomic E-state index is 12.4. The number of carbonyl (C=O) groups excluding carboxylic acids is 1. The van der Waals surface area contributed by atoms with E-state index >= 15 is 0 Å². The predicted molar refractivity (Wildman–Crippen MR) is 85.7 cm³/mol. The fourth-order valence-electron chi connectivity index (χ4n) is 2.40. The van der Waals surface area contributed by atoms with Crippen LogP contribution >= 0.6 is 0 Å². The zero-order valence-corrected chi connectivity index (χ0v) is 14.0. The number of carboxylic acid groups (broad SMARTS) is 1. The Kier molecular flexibility index (Phi) is 5.59. The molecule has 1 aromatic heterocycles. The van der Waals surface area contributed by atoms with Crippen LogP contribution in [0.2, 0.25) is 0 Å². The summed E-state index contributed by atoms with van der Waals surface area (Å²) in [5.74, 6) is -2.07. The second-order valence-electron chi connectivity index (χ2n) is 5.66. The van der Waals surface area contributed by atoms with Gasteiger partial charge in [0, 0.05) is 12.7 Å². The summed E-state index contributed by atoms with van der Waals surface area (Å²) in [6, 6.07) is 7.13. The van der Waals surface area contributed by atoms with Gasteiger partial charge < -0.3 is 19.7 Å². The van der Waals surface area contributed by atoms with Gasteiger partial charge in [0.15, 0.2) is 0 Å². The van der Waals surface area contributed by atoms with Gasteiger partial charge in [-0.3, -0.25) is 9.59 Å². The Morgan fingerprint density at radius 3 is 2.27 bits per heavy atom. The van der Waals surface area contributed by atoms with Gasteiger partial charge in [-0.2, -0.15) is 0 Å². The number of rotatable bonds is 6. The number of aliphatic carboxylic acids is 1. The van der Waals surface area contributed by atoms with Crippen LogP contribution in [0.15, 0.2) is 36.4 Å². The summed E-state index contributed by atoms with van der Waals surface area (Å²) < 4.78 is 42.1. The highest BCUT2D eigenvalue weighted by molar-refractivity contribution is 5.93. The smallest absolute Gasteiger partial charge is 0.481 e. The molecule has 0 bridgehead atoms. The molecule has 2 aromatic rings. The lowest BCUT2D eigenvalue weighted by molar-refractivity contribution is -0.274. The highest BCUT2D eigenvalue weighted by Gasteiger charge is 2.31. The van der Waals surface area contributed by atoms with Crippen molar-refractivity contribution in [1.82, 2.24) is 9.88 Å². The van der Waals surface area contributed by atoms with Crippen molar-refractivity contribution >= 4 is 11.9 Å². The van der Waals surface area contributed by atoms with E-state index in [-0.39, 0.29) is 0 Å². The number of hydrogen-bond donors (Lipinski definition) is 2. The molecule has 2 N–H and O–H groups in total. The normalized spacial score (nSPS) is 12.5. The van der Waals surface area contributed by atoms with Crippen LogP contribution in [0, 0.1) is 6.92 Å². The van der Waals surface area contributed by atoms with Gasteiger partial charge in [0.2, 0.25) is 0 Å². The maximum atomic E-state index is 12.4. The highest BCUT2D eigenvalue weighted by atomic mass is 19.4. The number of benzene rings is 1.